The summed E-state index contributed by atoms with van der Waals surface area (Å²) in [6.45, 7) is 4.16. The molecule has 9 nitrogen and oxygen atoms in total. The number of esters is 2. The van der Waals surface area contributed by atoms with Crippen LogP contribution >= 0.6 is 7.82 Å². The fourth-order valence-electron chi connectivity index (χ4n) is 5.95. The van der Waals surface area contributed by atoms with Crippen LogP contribution in [0.4, 0.5) is 0 Å². The number of phosphoric ester groups is 1. The summed E-state index contributed by atoms with van der Waals surface area (Å²) < 4.78 is 33.8. The van der Waals surface area contributed by atoms with Gasteiger partial charge in [-0.05, 0) is 44.9 Å². The molecule has 0 fully saturated rings. The summed E-state index contributed by atoms with van der Waals surface area (Å²) >= 11 is 0. The third-order valence-electron chi connectivity index (χ3n) is 9.46. The lowest BCUT2D eigenvalue weighted by Gasteiger charge is -2.28. The summed E-state index contributed by atoms with van der Waals surface area (Å²) in [6.07, 6.45) is 39.3. The minimum atomic E-state index is -4.63. The molecule has 2 atom stereocenters. The van der Waals surface area contributed by atoms with Crippen LogP contribution in [0.3, 0.4) is 0 Å². The first-order valence-electron chi connectivity index (χ1n) is 22.0. The molecule has 1 unspecified atom stereocenters. The van der Waals surface area contributed by atoms with Crippen LogP contribution in [0, 0.1) is 0 Å². The summed E-state index contributed by atoms with van der Waals surface area (Å²) in [7, 11) is 1.15. The van der Waals surface area contributed by atoms with Crippen molar-refractivity contribution >= 4 is 19.8 Å². The summed E-state index contributed by atoms with van der Waals surface area (Å²) in [4.78, 5) is 37.5. The van der Waals surface area contributed by atoms with Gasteiger partial charge in [-0.2, -0.15) is 0 Å². The molecule has 10 heteroatoms. The van der Waals surface area contributed by atoms with Gasteiger partial charge in [0.1, 0.15) is 19.8 Å². The van der Waals surface area contributed by atoms with E-state index in [0.29, 0.717) is 23.9 Å². The minimum Gasteiger partial charge on any atom is -0.756 e. The first-order valence-corrected chi connectivity index (χ1v) is 23.5. The van der Waals surface area contributed by atoms with Gasteiger partial charge >= 0.3 is 11.9 Å². The molecule has 318 valence electrons. The van der Waals surface area contributed by atoms with Gasteiger partial charge in [0.05, 0.1) is 27.7 Å². The average Bonchev–Trinajstić information content (AvgIpc) is 3.12. The van der Waals surface area contributed by atoms with Crippen molar-refractivity contribution in [3.63, 3.8) is 0 Å². The number of ether oxygens (including phenoxy) is 2. The van der Waals surface area contributed by atoms with Gasteiger partial charge in [0.2, 0.25) is 0 Å². The average molecular weight is 786 g/mol. The Kier molecular flexibility index (Phi) is 36.1. The third kappa shape index (κ3) is 40.2. The van der Waals surface area contributed by atoms with Gasteiger partial charge in [-0.15, -0.1) is 0 Å². The highest BCUT2D eigenvalue weighted by atomic mass is 31.2. The Balaban J connectivity index is 4.38. The Morgan fingerprint density at radius 2 is 1.00 bits per heavy atom. The topological polar surface area (TPSA) is 111 Å². The van der Waals surface area contributed by atoms with Crippen LogP contribution in [0.15, 0.2) is 24.3 Å². The monoisotopic (exact) mass is 786 g/mol. The summed E-state index contributed by atoms with van der Waals surface area (Å²) in [5.74, 6) is -0.889. The second-order valence-electron chi connectivity index (χ2n) is 16.1. The predicted octanol–water partition coefficient (Wildman–Crippen LogP) is 11.7. The van der Waals surface area contributed by atoms with Crippen molar-refractivity contribution in [1.29, 1.82) is 0 Å². The van der Waals surface area contributed by atoms with Gasteiger partial charge in [-0.3, -0.25) is 14.2 Å². The van der Waals surface area contributed by atoms with Crippen molar-refractivity contribution in [1.82, 2.24) is 0 Å². The molecule has 54 heavy (non-hydrogen) atoms. The zero-order valence-electron chi connectivity index (χ0n) is 35.7. The van der Waals surface area contributed by atoms with Crippen molar-refractivity contribution in [3.05, 3.63) is 24.3 Å². The van der Waals surface area contributed by atoms with E-state index in [1.54, 1.807) is 0 Å². The Bertz CT molecular complexity index is 980. The lowest BCUT2D eigenvalue weighted by atomic mass is 10.1. The first kappa shape index (κ1) is 52.5. The van der Waals surface area contributed by atoms with Crippen LogP contribution in [0.5, 0.6) is 0 Å². The normalized spacial score (nSPS) is 13.8. The maximum absolute atomic E-state index is 12.7. The fourth-order valence-corrected chi connectivity index (χ4v) is 6.68. The number of hydrogen-bond donors (Lipinski definition) is 0. The van der Waals surface area contributed by atoms with Crippen LogP contribution in [-0.2, 0) is 32.7 Å². The van der Waals surface area contributed by atoms with Crippen LogP contribution in [-0.4, -0.2) is 70.0 Å². The van der Waals surface area contributed by atoms with Crippen molar-refractivity contribution in [2.45, 2.75) is 200 Å². The molecule has 0 aromatic rings. The number of phosphoric acid groups is 1. The SMILES string of the molecule is CCCC/C=C/CCCCCCCCCCCC(=O)O[C@H](COC(=O)CC/C=C/CCCCCCCCCCCCC)COP(=O)([O-])OCC[N+](C)(C)C. The number of nitrogens with zero attached hydrogens (tertiary/aromatic N) is 1. The molecule has 0 aliphatic carbocycles. The third-order valence-corrected chi connectivity index (χ3v) is 10.4. The molecule has 0 aliphatic rings. The fraction of sp³-hybridized carbons (Fsp3) is 0.864. The van der Waals surface area contributed by atoms with Gasteiger partial charge < -0.3 is 27.9 Å². The van der Waals surface area contributed by atoms with E-state index < -0.39 is 32.5 Å². The molecule has 0 aliphatic heterocycles. The zero-order chi connectivity index (χ0) is 40.0. The minimum absolute atomic E-state index is 0.0344. The number of carbonyl (C=O) groups excluding carboxylic acids is 2. The largest absolute Gasteiger partial charge is 0.756 e. The van der Waals surface area contributed by atoms with Crippen molar-refractivity contribution < 1.29 is 42.1 Å². The molecule has 0 aromatic heterocycles. The maximum atomic E-state index is 12.7. The Morgan fingerprint density at radius 3 is 1.50 bits per heavy atom. The summed E-state index contributed by atoms with van der Waals surface area (Å²) in [6, 6.07) is 0. The molecule has 0 rings (SSSR count). The number of rotatable bonds is 40. The molecular weight excluding hydrogens is 701 g/mol. The van der Waals surface area contributed by atoms with E-state index in [4.69, 9.17) is 18.5 Å². The van der Waals surface area contributed by atoms with E-state index in [1.165, 1.54) is 122 Å². The van der Waals surface area contributed by atoms with Crippen LogP contribution < -0.4 is 4.89 Å². The quantitative estimate of drug-likeness (QED) is 0.0198. The Labute approximate surface area is 332 Å². The van der Waals surface area contributed by atoms with E-state index >= 15 is 0 Å². The van der Waals surface area contributed by atoms with Gasteiger partial charge in [-0.25, -0.2) is 0 Å². The predicted molar refractivity (Wildman–Crippen MR) is 222 cm³/mol. The summed E-state index contributed by atoms with van der Waals surface area (Å²) in [5.41, 5.74) is 0. The van der Waals surface area contributed by atoms with Crippen LogP contribution in [0.25, 0.3) is 0 Å². The molecule has 0 saturated carbocycles. The molecular formula is C44H84NO8P. The highest BCUT2D eigenvalue weighted by molar-refractivity contribution is 7.45. The second-order valence-corrected chi connectivity index (χ2v) is 17.5. The zero-order valence-corrected chi connectivity index (χ0v) is 36.6. The Morgan fingerprint density at radius 1 is 0.556 bits per heavy atom. The number of carbonyl (C=O) groups is 2. The number of likely N-dealkylation sites (N-methyl/N-ethyl adjacent to an activating group) is 1. The molecule has 0 bridgehead atoms. The van der Waals surface area contributed by atoms with Gasteiger partial charge in [0.25, 0.3) is 7.82 Å². The molecule has 0 N–H and O–H groups in total. The highest BCUT2D eigenvalue weighted by Crippen LogP contribution is 2.38. The van der Waals surface area contributed by atoms with E-state index in [-0.39, 0.29) is 26.1 Å². The lowest BCUT2D eigenvalue weighted by Crippen LogP contribution is -2.37. The van der Waals surface area contributed by atoms with E-state index in [2.05, 4.69) is 32.1 Å². The van der Waals surface area contributed by atoms with E-state index in [0.717, 1.165) is 32.1 Å². The van der Waals surface area contributed by atoms with Gasteiger partial charge in [-0.1, -0.05) is 160 Å². The first-order chi connectivity index (χ1) is 26.0. The van der Waals surface area contributed by atoms with Gasteiger partial charge in [0, 0.05) is 12.8 Å². The molecule has 0 spiro atoms. The lowest BCUT2D eigenvalue weighted by molar-refractivity contribution is -0.870. The van der Waals surface area contributed by atoms with Crippen molar-refractivity contribution in [2.24, 2.45) is 0 Å². The molecule has 0 radical (unpaired) electrons. The van der Waals surface area contributed by atoms with Crippen LogP contribution in [0.2, 0.25) is 0 Å². The maximum Gasteiger partial charge on any atom is 0.306 e. The highest BCUT2D eigenvalue weighted by Gasteiger charge is 2.21. The van der Waals surface area contributed by atoms with E-state index in [1.807, 2.05) is 27.2 Å². The van der Waals surface area contributed by atoms with Gasteiger partial charge in [0.15, 0.2) is 6.10 Å². The number of hydrogen-bond acceptors (Lipinski definition) is 8. The number of quaternary nitrogens is 1. The number of unbranched alkanes of at least 4 members (excludes halogenated alkanes) is 22. The van der Waals surface area contributed by atoms with E-state index in [9.17, 15) is 19.0 Å². The standard InChI is InChI=1S/C44H84NO8P/c1-6-8-10-12-14-16-18-20-22-24-26-28-30-32-34-36-43(46)50-40-42(41-52-54(48,49)51-39-38-45(3,4)5)53-44(47)37-35-33-31-29-27-25-23-21-19-17-15-13-11-9-7-2/h13,15,30,32,42H,6-12,14,16-29,31,33-41H2,1-5H3/b15-13+,32-30+/t42-/m1/s1. The molecule has 0 amide bonds. The number of allylic oxidation sites excluding steroid dienone is 4. The Hall–Kier alpha value is -1.51. The second kappa shape index (κ2) is 37.1. The smallest absolute Gasteiger partial charge is 0.306 e. The molecule has 0 heterocycles. The summed E-state index contributed by atoms with van der Waals surface area (Å²) in [5, 5.41) is 0. The van der Waals surface area contributed by atoms with Crippen LogP contribution in [0.1, 0.15) is 194 Å². The molecule has 0 aromatic carbocycles. The van der Waals surface area contributed by atoms with Crippen molar-refractivity contribution in [2.75, 3.05) is 47.5 Å². The van der Waals surface area contributed by atoms with Crippen molar-refractivity contribution in [3.8, 4) is 0 Å². The molecule has 0 saturated heterocycles.